The summed E-state index contributed by atoms with van der Waals surface area (Å²) in [5, 5.41) is 0. The van der Waals surface area contributed by atoms with Crippen molar-refractivity contribution in [2.24, 2.45) is 22.7 Å². The van der Waals surface area contributed by atoms with Crippen molar-refractivity contribution in [2.75, 3.05) is 6.61 Å². The molecular weight excluding hydrogens is 268 g/mol. The maximum atomic E-state index is 12.7. The normalized spacial score (nSPS) is 40.8. The summed E-state index contributed by atoms with van der Waals surface area (Å²) in [6.07, 6.45) is 3.21. The second-order valence-corrected chi connectivity index (χ2v) is 6.63. The standard InChI is InChI=1S/C17H20O4/c1-5-21-15(20)17-8-16(4,9(2)10(17)3)13-11(18)6-7-12(19)14(13)17/h6-7,13-14H,5,8H2,1-4H3/t13-,14+,16+,17+/m0/s1. The number of esters is 1. The molecule has 2 bridgehead atoms. The van der Waals surface area contributed by atoms with Crippen molar-refractivity contribution in [2.45, 2.75) is 34.1 Å². The largest absolute Gasteiger partial charge is 0.465 e. The molecule has 3 aliphatic rings. The minimum Gasteiger partial charge on any atom is -0.465 e. The van der Waals surface area contributed by atoms with Gasteiger partial charge in [-0.1, -0.05) is 18.1 Å². The van der Waals surface area contributed by atoms with Crippen LogP contribution in [0.15, 0.2) is 23.3 Å². The molecule has 4 heteroatoms. The van der Waals surface area contributed by atoms with E-state index >= 15 is 0 Å². The van der Waals surface area contributed by atoms with Crippen molar-refractivity contribution in [3.63, 3.8) is 0 Å². The van der Waals surface area contributed by atoms with Crippen LogP contribution in [0.5, 0.6) is 0 Å². The Kier molecular flexibility index (Phi) is 2.81. The summed E-state index contributed by atoms with van der Waals surface area (Å²) in [4.78, 5) is 37.5. The number of hydrogen-bond acceptors (Lipinski definition) is 4. The van der Waals surface area contributed by atoms with Crippen LogP contribution in [-0.4, -0.2) is 24.1 Å². The Morgan fingerprint density at radius 3 is 2.33 bits per heavy atom. The van der Waals surface area contributed by atoms with E-state index in [4.69, 9.17) is 4.74 Å². The number of hydrogen-bond donors (Lipinski definition) is 0. The maximum Gasteiger partial charge on any atom is 0.317 e. The van der Waals surface area contributed by atoms with Crippen LogP contribution in [0.25, 0.3) is 0 Å². The van der Waals surface area contributed by atoms with E-state index in [2.05, 4.69) is 0 Å². The monoisotopic (exact) mass is 288 g/mol. The van der Waals surface area contributed by atoms with Gasteiger partial charge in [-0.3, -0.25) is 14.4 Å². The van der Waals surface area contributed by atoms with Gasteiger partial charge in [-0.25, -0.2) is 0 Å². The number of allylic oxidation sites excluding steroid dienone is 3. The van der Waals surface area contributed by atoms with Gasteiger partial charge in [0.2, 0.25) is 0 Å². The Morgan fingerprint density at radius 1 is 1.19 bits per heavy atom. The molecule has 4 nitrogen and oxygen atoms in total. The van der Waals surface area contributed by atoms with Gasteiger partial charge in [0.05, 0.1) is 12.5 Å². The third-order valence-electron chi connectivity index (χ3n) is 5.95. The molecule has 21 heavy (non-hydrogen) atoms. The van der Waals surface area contributed by atoms with Gasteiger partial charge in [0.25, 0.3) is 0 Å². The molecule has 0 radical (unpaired) electrons. The lowest BCUT2D eigenvalue weighted by Gasteiger charge is -2.40. The van der Waals surface area contributed by atoms with Crippen molar-refractivity contribution >= 4 is 17.5 Å². The van der Waals surface area contributed by atoms with Crippen LogP contribution >= 0.6 is 0 Å². The summed E-state index contributed by atoms with van der Waals surface area (Å²) in [7, 11) is 0. The van der Waals surface area contributed by atoms with Crippen molar-refractivity contribution in [3.05, 3.63) is 23.3 Å². The maximum absolute atomic E-state index is 12.7. The first-order chi connectivity index (χ1) is 9.80. The first-order valence-electron chi connectivity index (χ1n) is 7.42. The molecule has 3 aliphatic carbocycles. The van der Waals surface area contributed by atoms with E-state index in [1.54, 1.807) is 6.92 Å². The van der Waals surface area contributed by atoms with E-state index in [1.807, 2.05) is 20.8 Å². The number of carbonyl (C=O) groups is 3. The Morgan fingerprint density at radius 2 is 1.76 bits per heavy atom. The van der Waals surface area contributed by atoms with Crippen LogP contribution in [0, 0.1) is 22.7 Å². The van der Waals surface area contributed by atoms with Crippen LogP contribution in [0.1, 0.15) is 34.1 Å². The smallest absolute Gasteiger partial charge is 0.317 e. The van der Waals surface area contributed by atoms with Crippen LogP contribution in [-0.2, 0) is 19.1 Å². The first kappa shape index (κ1) is 14.2. The molecule has 0 saturated heterocycles. The molecule has 0 spiro atoms. The first-order valence-corrected chi connectivity index (χ1v) is 7.42. The number of ketones is 2. The van der Waals surface area contributed by atoms with Gasteiger partial charge in [-0.2, -0.15) is 0 Å². The summed E-state index contributed by atoms with van der Waals surface area (Å²) in [5.41, 5.74) is 0.616. The molecule has 1 fully saturated rings. The average molecular weight is 288 g/mol. The van der Waals surface area contributed by atoms with Gasteiger partial charge in [0.15, 0.2) is 11.6 Å². The van der Waals surface area contributed by atoms with Crippen molar-refractivity contribution in [1.29, 1.82) is 0 Å². The van der Waals surface area contributed by atoms with E-state index in [0.717, 1.165) is 11.1 Å². The fraction of sp³-hybridized carbons (Fsp3) is 0.588. The number of fused-ring (bicyclic) bond motifs is 5. The highest BCUT2D eigenvalue weighted by atomic mass is 16.5. The van der Waals surface area contributed by atoms with Gasteiger partial charge in [0, 0.05) is 11.3 Å². The number of carbonyl (C=O) groups excluding carboxylic acids is 3. The molecule has 4 atom stereocenters. The molecule has 0 aromatic carbocycles. The van der Waals surface area contributed by atoms with E-state index in [1.165, 1.54) is 12.2 Å². The topological polar surface area (TPSA) is 60.4 Å². The van der Waals surface area contributed by atoms with Crippen LogP contribution < -0.4 is 0 Å². The highest BCUT2D eigenvalue weighted by Crippen LogP contribution is 2.70. The van der Waals surface area contributed by atoms with Crippen molar-refractivity contribution in [1.82, 2.24) is 0 Å². The molecule has 0 amide bonds. The summed E-state index contributed by atoms with van der Waals surface area (Å²) in [6, 6.07) is 0. The van der Waals surface area contributed by atoms with Crippen molar-refractivity contribution in [3.8, 4) is 0 Å². The Balaban J connectivity index is 2.24. The number of rotatable bonds is 2. The fourth-order valence-corrected chi connectivity index (χ4v) is 4.82. The predicted octanol–water partition coefficient (Wildman–Crippen LogP) is 2.24. The lowest BCUT2D eigenvalue weighted by atomic mass is 9.60. The molecule has 3 rings (SSSR count). The summed E-state index contributed by atoms with van der Waals surface area (Å²) < 4.78 is 5.28. The highest BCUT2D eigenvalue weighted by molar-refractivity contribution is 6.11. The zero-order valence-corrected chi connectivity index (χ0v) is 12.9. The third kappa shape index (κ3) is 1.43. The fourth-order valence-electron chi connectivity index (χ4n) is 4.82. The van der Waals surface area contributed by atoms with Gasteiger partial charge < -0.3 is 4.74 Å². The molecule has 0 N–H and O–H groups in total. The highest BCUT2D eigenvalue weighted by Gasteiger charge is 2.72. The van der Waals surface area contributed by atoms with Gasteiger partial charge in [-0.05, 0) is 39.3 Å². The Labute approximate surface area is 124 Å². The zero-order chi connectivity index (χ0) is 15.6. The molecule has 0 aromatic rings. The SMILES string of the molecule is CCOC(=O)[C@]12C[C@](C)(C(C)=C1C)[C@H]1C(=O)C=CC(=O)[C@H]12. The second kappa shape index (κ2) is 4.15. The molecule has 0 unspecified atom stereocenters. The third-order valence-corrected chi connectivity index (χ3v) is 5.95. The van der Waals surface area contributed by atoms with Crippen LogP contribution in [0.3, 0.4) is 0 Å². The molecule has 0 aliphatic heterocycles. The lowest BCUT2D eigenvalue weighted by Crippen LogP contribution is -2.48. The minimum absolute atomic E-state index is 0.0416. The van der Waals surface area contributed by atoms with Crippen LogP contribution in [0.2, 0.25) is 0 Å². The average Bonchev–Trinajstić information content (AvgIpc) is 2.84. The molecular formula is C17H20O4. The van der Waals surface area contributed by atoms with Gasteiger partial charge in [0.1, 0.15) is 5.41 Å². The van der Waals surface area contributed by atoms with E-state index < -0.39 is 22.7 Å². The summed E-state index contributed by atoms with van der Waals surface area (Å²) >= 11 is 0. The van der Waals surface area contributed by atoms with Gasteiger partial charge >= 0.3 is 5.97 Å². The second-order valence-electron chi connectivity index (χ2n) is 6.63. The summed E-state index contributed by atoms with van der Waals surface area (Å²) in [6.45, 7) is 7.92. The predicted molar refractivity (Wildman–Crippen MR) is 76.3 cm³/mol. The minimum atomic E-state index is -0.947. The lowest BCUT2D eigenvalue weighted by molar-refractivity contribution is -0.158. The molecule has 0 aromatic heterocycles. The van der Waals surface area contributed by atoms with E-state index in [-0.39, 0.29) is 24.1 Å². The van der Waals surface area contributed by atoms with Gasteiger partial charge in [-0.15, -0.1) is 0 Å². The summed E-state index contributed by atoms with van der Waals surface area (Å²) in [5.74, 6) is -1.54. The molecule has 0 heterocycles. The molecule has 112 valence electrons. The zero-order valence-electron chi connectivity index (χ0n) is 12.9. The quantitative estimate of drug-likeness (QED) is 0.577. The van der Waals surface area contributed by atoms with E-state index in [0.29, 0.717) is 6.42 Å². The number of ether oxygens (including phenoxy) is 1. The Bertz CT molecular complexity index is 627. The molecule has 1 saturated carbocycles. The van der Waals surface area contributed by atoms with Crippen molar-refractivity contribution < 1.29 is 19.1 Å². The van der Waals surface area contributed by atoms with Crippen LogP contribution in [0.4, 0.5) is 0 Å². The van der Waals surface area contributed by atoms with E-state index in [9.17, 15) is 14.4 Å². The Hall–Kier alpha value is -1.71.